The van der Waals surface area contributed by atoms with Crippen molar-refractivity contribution in [3.63, 3.8) is 0 Å². The number of methoxy groups -OCH3 is 1. The summed E-state index contributed by atoms with van der Waals surface area (Å²) in [6, 6.07) is 7.38. The number of benzene rings is 1. The maximum atomic E-state index is 12.0. The van der Waals surface area contributed by atoms with Gasteiger partial charge in [0, 0.05) is 19.6 Å². The molecule has 0 saturated heterocycles. The molecule has 1 rings (SSSR count). The number of nitrogens with two attached hydrogens (primary N) is 1. The molecular formula is C16H27ClN2O3. The summed E-state index contributed by atoms with van der Waals surface area (Å²) in [5.74, 6) is 1.53. The Morgan fingerprint density at radius 2 is 1.86 bits per heavy atom. The van der Waals surface area contributed by atoms with Crippen molar-refractivity contribution in [2.75, 3.05) is 27.3 Å². The third-order valence-electron chi connectivity index (χ3n) is 3.50. The molecule has 22 heavy (non-hydrogen) atoms. The second-order valence-electron chi connectivity index (χ2n) is 5.45. The molecule has 1 aromatic rings. The normalized spacial score (nSPS) is 11.5. The zero-order valence-corrected chi connectivity index (χ0v) is 14.6. The molecule has 1 unspecified atom stereocenters. The number of carbonyl (C=O) groups is 1. The number of carbonyl (C=O) groups excluding carboxylic acids is 1. The molecule has 0 fully saturated rings. The van der Waals surface area contributed by atoms with E-state index in [0.29, 0.717) is 24.0 Å². The number of halogens is 1. The quantitative estimate of drug-likeness (QED) is 0.794. The molecule has 0 spiro atoms. The molecule has 0 aliphatic heterocycles. The van der Waals surface area contributed by atoms with Gasteiger partial charge in [0.05, 0.1) is 7.11 Å². The van der Waals surface area contributed by atoms with Crippen molar-refractivity contribution < 1.29 is 14.3 Å². The molecule has 0 bridgehead atoms. The van der Waals surface area contributed by atoms with Gasteiger partial charge in [-0.2, -0.15) is 0 Å². The number of likely N-dealkylation sites (N-methyl/N-ethyl adjacent to an activating group) is 1. The molecule has 2 N–H and O–H groups in total. The lowest BCUT2D eigenvalue weighted by molar-refractivity contribution is -0.132. The summed E-state index contributed by atoms with van der Waals surface area (Å²) in [6.07, 6.45) is 0.786. The molecule has 0 saturated carbocycles. The van der Waals surface area contributed by atoms with E-state index < -0.39 is 0 Å². The van der Waals surface area contributed by atoms with Gasteiger partial charge in [-0.25, -0.2) is 0 Å². The number of ether oxygens (including phenoxy) is 2. The van der Waals surface area contributed by atoms with E-state index in [1.54, 1.807) is 31.2 Å². The highest BCUT2D eigenvalue weighted by Gasteiger charge is 2.14. The van der Waals surface area contributed by atoms with E-state index >= 15 is 0 Å². The third kappa shape index (κ3) is 6.54. The Hall–Kier alpha value is -1.46. The van der Waals surface area contributed by atoms with E-state index in [1.165, 1.54) is 0 Å². The van der Waals surface area contributed by atoms with Gasteiger partial charge in [-0.05, 0) is 24.5 Å². The highest BCUT2D eigenvalue weighted by molar-refractivity contribution is 5.85. The monoisotopic (exact) mass is 330 g/mol. The summed E-state index contributed by atoms with van der Waals surface area (Å²) < 4.78 is 10.7. The van der Waals surface area contributed by atoms with E-state index in [2.05, 4.69) is 13.8 Å². The first-order valence-corrected chi connectivity index (χ1v) is 7.21. The Bertz CT molecular complexity index is 455. The Kier molecular flexibility index (Phi) is 9.61. The van der Waals surface area contributed by atoms with Gasteiger partial charge in [0.1, 0.15) is 0 Å². The molecule has 5 nitrogen and oxygen atoms in total. The van der Waals surface area contributed by atoms with Crippen LogP contribution in [0.3, 0.4) is 0 Å². The molecular weight excluding hydrogens is 304 g/mol. The van der Waals surface area contributed by atoms with Crippen LogP contribution in [0.15, 0.2) is 24.3 Å². The van der Waals surface area contributed by atoms with Crippen LogP contribution in [-0.4, -0.2) is 44.2 Å². The first-order valence-electron chi connectivity index (χ1n) is 7.21. The van der Waals surface area contributed by atoms with Gasteiger partial charge < -0.3 is 20.1 Å². The van der Waals surface area contributed by atoms with Crippen LogP contribution >= 0.6 is 12.4 Å². The van der Waals surface area contributed by atoms with Crippen molar-refractivity contribution in [1.29, 1.82) is 0 Å². The Labute approximate surface area is 139 Å². The minimum absolute atomic E-state index is 0. The highest BCUT2D eigenvalue weighted by atomic mass is 35.5. The lowest BCUT2D eigenvalue weighted by Gasteiger charge is -2.21. The number of nitrogens with zero attached hydrogens (tertiary/aromatic N) is 1. The fourth-order valence-corrected chi connectivity index (χ4v) is 1.79. The zero-order valence-electron chi connectivity index (χ0n) is 13.7. The van der Waals surface area contributed by atoms with E-state index in [1.807, 2.05) is 12.1 Å². The van der Waals surface area contributed by atoms with Gasteiger partial charge in [-0.3, -0.25) is 4.79 Å². The van der Waals surface area contributed by atoms with Crippen LogP contribution in [0.4, 0.5) is 0 Å². The maximum Gasteiger partial charge on any atom is 0.260 e. The summed E-state index contributed by atoms with van der Waals surface area (Å²) >= 11 is 0. The van der Waals surface area contributed by atoms with Gasteiger partial charge in [0.15, 0.2) is 18.1 Å². The molecule has 1 aromatic carbocycles. The molecule has 126 valence electrons. The number of amides is 1. The number of rotatable bonds is 8. The molecule has 1 amide bonds. The Morgan fingerprint density at radius 1 is 1.27 bits per heavy atom. The molecule has 0 radical (unpaired) electrons. The average molecular weight is 331 g/mol. The van der Waals surface area contributed by atoms with Crippen molar-refractivity contribution in [2.24, 2.45) is 11.7 Å². The molecule has 0 aliphatic carbocycles. The van der Waals surface area contributed by atoms with Gasteiger partial charge in [0.2, 0.25) is 0 Å². The second-order valence-corrected chi connectivity index (χ2v) is 5.45. The molecule has 1 atom stereocenters. The van der Waals surface area contributed by atoms with Crippen molar-refractivity contribution >= 4 is 18.3 Å². The summed E-state index contributed by atoms with van der Waals surface area (Å²) in [4.78, 5) is 13.7. The summed E-state index contributed by atoms with van der Waals surface area (Å²) in [6.45, 7) is 4.79. The largest absolute Gasteiger partial charge is 0.493 e. The van der Waals surface area contributed by atoms with Crippen LogP contribution < -0.4 is 15.2 Å². The van der Waals surface area contributed by atoms with Crippen LogP contribution in [-0.2, 0) is 4.79 Å². The van der Waals surface area contributed by atoms with Crippen LogP contribution in [0, 0.1) is 5.92 Å². The smallest absolute Gasteiger partial charge is 0.260 e. The fourth-order valence-electron chi connectivity index (χ4n) is 1.79. The van der Waals surface area contributed by atoms with Gasteiger partial charge >= 0.3 is 0 Å². The van der Waals surface area contributed by atoms with Crippen molar-refractivity contribution in [1.82, 2.24) is 4.90 Å². The predicted octanol–water partition coefficient (Wildman–Crippen LogP) is 2.33. The number of hydrogen-bond acceptors (Lipinski definition) is 4. The van der Waals surface area contributed by atoms with Crippen molar-refractivity contribution in [3.8, 4) is 11.5 Å². The molecule has 6 heteroatoms. The fraction of sp³-hybridized carbons (Fsp3) is 0.562. The third-order valence-corrected chi connectivity index (χ3v) is 3.50. The predicted molar refractivity (Wildman–Crippen MR) is 90.8 cm³/mol. The standard InChI is InChI=1S/C16H26N2O3.ClH/c1-12(2)13(17)9-10-18(3)16(19)11-21-15-8-6-5-7-14(15)20-4;/h5-8,12-13H,9-11,17H2,1-4H3;1H. The first kappa shape index (κ1) is 20.5. The SMILES string of the molecule is COc1ccccc1OCC(=O)N(C)CCC(N)C(C)C.Cl. The lowest BCUT2D eigenvalue weighted by Crippen LogP contribution is -2.36. The minimum atomic E-state index is -0.0723. The highest BCUT2D eigenvalue weighted by Crippen LogP contribution is 2.25. The molecule has 0 aromatic heterocycles. The number of hydrogen-bond donors (Lipinski definition) is 1. The Morgan fingerprint density at radius 3 is 2.41 bits per heavy atom. The van der Waals surface area contributed by atoms with Crippen LogP contribution in [0.2, 0.25) is 0 Å². The van der Waals surface area contributed by atoms with Crippen LogP contribution in [0.1, 0.15) is 20.3 Å². The van der Waals surface area contributed by atoms with E-state index in [-0.39, 0.29) is 31.0 Å². The van der Waals surface area contributed by atoms with E-state index in [4.69, 9.17) is 15.2 Å². The van der Waals surface area contributed by atoms with Crippen molar-refractivity contribution in [3.05, 3.63) is 24.3 Å². The van der Waals surface area contributed by atoms with Gasteiger partial charge in [-0.15, -0.1) is 12.4 Å². The van der Waals surface area contributed by atoms with Crippen LogP contribution in [0.25, 0.3) is 0 Å². The molecule has 0 heterocycles. The van der Waals surface area contributed by atoms with E-state index in [9.17, 15) is 4.79 Å². The molecule has 0 aliphatic rings. The lowest BCUT2D eigenvalue weighted by atomic mass is 10.0. The van der Waals surface area contributed by atoms with Gasteiger partial charge in [-0.1, -0.05) is 26.0 Å². The average Bonchev–Trinajstić information content (AvgIpc) is 2.49. The van der Waals surface area contributed by atoms with Crippen molar-refractivity contribution in [2.45, 2.75) is 26.3 Å². The Balaban J connectivity index is 0.00000441. The summed E-state index contributed by atoms with van der Waals surface area (Å²) in [7, 11) is 3.34. The summed E-state index contributed by atoms with van der Waals surface area (Å²) in [5, 5.41) is 0. The van der Waals surface area contributed by atoms with Crippen LogP contribution in [0.5, 0.6) is 11.5 Å². The zero-order chi connectivity index (χ0) is 15.8. The second kappa shape index (κ2) is 10.3. The topological polar surface area (TPSA) is 64.8 Å². The maximum absolute atomic E-state index is 12.0. The number of para-hydroxylation sites is 2. The first-order chi connectivity index (χ1) is 9.95. The van der Waals surface area contributed by atoms with Gasteiger partial charge in [0.25, 0.3) is 5.91 Å². The van der Waals surface area contributed by atoms with E-state index in [0.717, 1.165) is 6.42 Å². The summed E-state index contributed by atoms with van der Waals surface area (Å²) in [5.41, 5.74) is 5.98. The minimum Gasteiger partial charge on any atom is -0.493 e.